The van der Waals surface area contributed by atoms with E-state index in [1.54, 1.807) is 0 Å². The zero-order valence-corrected chi connectivity index (χ0v) is 12.5. The Labute approximate surface area is 111 Å². The molecule has 1 N–H and O–H groups in total. The van der Waals surface area contributed by atoms with Crippen LogP contribution in [0.25, 0.3) is 0 Å². The van der Waals surface area contributed by atoms with E-state index in [0.717, 1.165) is 12.0 Å². The quantitative estimate of drug-likeness (QED) is 0.786. The molecule has 2 fully saturated rings. The third-order valence-corrected chi connectivity index (χ3v) is 5.44. The molecule has 0 amide bonds. The van der Waals surface area contributed by atoms with Crippen LogP contribution in [-0.2, 0) is 0 Å². The molecular weight excluding hydrogens is 228 g/mol. The third-order valence-electron chi connectivity index (χ3n) is 4.85. The van der Waals surface area contributed by atoms with Gasteiger partial charge in [0.15, 0.2) is 0 Å². The van der Waals surface area contributed by atoms with Crippen LogP contribution in [0.5, 0.6) is 0 Å². The van der Waals surface area contributed by atoms with Crippen molar-refractivity contribution in [2.24, 2.45) is 5.92 Å². The van der Waals surface area contributed by atoms with Gasteiger partial charge in [-0.25, -0.2) is 0 Å². The van der Waals surface area contributed by atoms with Crippen molar-refractivity contribution in [3.63, 3.8) is 0 Å². The van der Waals surface area contributed by atoms with Gasteiger partial charge in [0.1, 0.15) is 0 Å². The summed E-state index contributed by atoms with van der Waals surface area (Å²) in [5, 5.41) is 3.83. The van der Waals surface area contributed by atoms with Crippen molar-refractivity contribution in [3.05, 3.63) is 0 Å². The number of thioether (sulfide) groups is 1. The summed E-state index contributed by atoms with van der Waals surface area (Å²) < 4.78 is 0. The minimum absolute atomic E-state index is 0.432. The molecule has 17 heavy (non-hydrogen) atoms. The molecule has 1 saturated heterocycles. The van der Waals surface area contributed by atoms with Gasteiger partial charge in [-0.15, -0.1) is 0 Å². The zero-order valence-electron chi connectivity index (χ0n) is 11.7. The molecule has 2 aliphatic rings. The maximum Gasteiger partial charge on any atom is 0.0329 e. The standard InChI is InChI=1S/C14H28N2S/c1-4-14(5-2)11-15-13(12-6-7-12)10-16(14)8-9-17-3/h12-13,15H,4-11H2,1-3H3. The van der Waals surface area contributed by atoms with Crippen molar-refractivity contribution in [2.75, 3.05) is 31.6 Å². The molecular formula is C14H28N2S. The Morgan fingerprint density at radius 1 is 1.29 bits per heavy atom. The normalized spacial score (nSPS) is 29.5. The van der Waals surface area contributed by atoms with Crippen LogP contribution < -0.4 is 5.32 Å². The van der Waals surface area contributed by atoms with Crippen LogP contribution in [0, 0.1) is 5.92 Å². The fourth-order valence-electron chi connectivity index (χ4n) is 3.22. The van der Waals surface area contributed by atoms with Gasteiger partial charge in [0, 0.05) is 37.0 Å². The van der Waals surface area contributed by atoms with Crippen molar-refractivity contribution in [1.82, 2.24) is 10.2 Å². The molecule has 1 aliphatic heterocycles. The SMILES string of the molecule is CCC1(CC)CNC(C2CC2)CN1CCSC. The molecule has 3 heteroatoms. The van der Waals surface area contributed by atoms with Crippen LogP contribution in [0.3, 0.4) is 0 Å². The summed E-state index contributed by atoms with van der Waals surface area (Å²) in [5.41, 5.74) is 0.432. The predicted molar refractivity (Wildman–Crippen MR) is 77.8 cm³/mol. The summed E-state index contributed by atoms with van der Waals surface area (Å²) in [6.07, 6.45) is 7.70. The van der Waals surface area contributed by atoms with Gasteiger partial charge in [-0.2, -0.15) is 11.8 Å². The largest absolute Gasteiger partial charge is 0.311 e. The molecule has 1 atom stereocenters. The minimum atomic E-state index is 0.432. The van der Waals surface area contributed by atoms with Gasteiger partial charge in [-0.1, -0.05) is 13.8 Å². The molecule has 1 aliphatic carbocycles. The lowest BCUT2D eigenvalue weighted by Gasteiger charge is -2.50. The van der Waals surface area contributed by atoms with E-state index in [4.69, 9.17) is 0 Å². The molecule has 1 saturated carbocycles. The Morgan fingerprint density at radius 2 is 2.00 bits per heavy atom. The van der Waals surface area contributed by atoms with E-state index in [1.807, 2.05) is 11.8 Å². The molecule has 0 aromatic rings. The van der Waals surface area contributed by atoms with Crippen LogP contribution in [-0.4, -0.2) is 48.1 Å². The van der Waals surface area contributed by atoms with Crippen molar-refractivity contribution >= 4 is 11.8 Å². The number of rotatable bonds is 6. The third kappa shape index (κ3) is 2.99. The van der Waals surface area contributed by atoms with Gasteiger partial charge >= 0.3 is 0 Å². The van der Waals surface area contributed by atoms with E-state index < -0.39 is 0 Å². The number of nitrogens with zero attached hydrogens (tertiary/aromatic N) is 1. The highest BCUT2D eigenvalue weighted by atomic mass is 32.2. The second-order valence-electron chi connectivity index (χ2n) is 5.70. The van der Waals surface area contributed by atoms with Crippen LogP contribution in [0.4, 0.5) is 0 Å². The first-order valence-electron chi connectivity index (χ1n) is 7.23. The number of piperazine rings is 1. The Hall–Kier alpha value is 0.270. The second-order valence-corrected chi connectivity index (χ2v) is 6.68. The van der Waals surface area contributed by atoms with E-state index in [-0.39, 0.29) is 0 Å². The van der Waals surface area contributed by atoms with Gasteiger partial charge in [0.05, 0.1) is 0 Å². The monoisotopic (exact) mass is 256 g/mol. The van der Waals surface area contributed by atoms with Crippen LogP contribution in [0.15, 0.2) is 0 Å². The van der Waals surface area contributed by atoms with Crippen molar-refractivity contribution in [2.45, 2.75) is 51.1 Å². The first-order chi connectivity index (χ1) is 8.25. The summed E-state index contributed by atoms with van der Waals surface area (Å²) in [5.74, 6) is 2.26. The Balaban J connectivity index is 1.99. The molecule has 0 aromatic carbocycles. The smallest absolute Gasteiger partial charge is 0.0329 e. The lowest BCUT2D eigenvalue weighted by molar-refractivity contribution is 0.0330. The molecule has 1 heterocycles. The average Bonchev–Trinajstić information content (AvgIpc) is 3.20. The van der Waals surface area contributed by atoms with Crippen molar-refractivity contribution in [3.8, 4) is 0 Å². The summed E-state index contributed by atoms with van der Waals surface area (Å²) in [6, 6.07) is 0.781. The number of nitrogens with one attached hydrogen (secondary N) is 1. The van der Waals surface area contributed by atoms with Crippen LogP contribution in [0.2, 0.25) is 0 Å². The second kappa shape index (κ2) is 5.94. The summed E-state index contributed by atoms with van der Waals surface area (Å²) in [4.78, 5) is 2.79. The fourth-order valence-corrected chi connectivity index (χ4v) is 3.62. The highest BCUT2D eigenvalue weighted by Gasteiger charge is 2.42. The molecule has 1 unspecified atom stereocenters. The minimum Gasteiger partial charge on any atom is -0.311 e. The molecule has 0 radical (unpaired) electrons. The van der Waals surface area contributed by atoms with Gasteiger partial charge < -0.3 is 5.32 Å². The number of hydrogen-bond acceptors (Lipinski definition) is 3. The molecule has 100 valence electrons. The highest BCUT2D eigenvalue weighted by molar-refractivity contribution is 7.98. The van der Waals surface area contributed by atoms with Gasteiger partial charge in [0.25, 0.3) is 0 Å². The number of hydrogen-bond donors (Lipinski definition) is 1. The van der Waals surface area contributed by atoms with E-state index in [2.05, 4.69) is 30.3 Å². The maximum absolute atomic E-state index is 3.83. The first-order valence-corrected chi connectivity index (χ1v) is 8.62. The molecule has 0 bridgehead atoms. The molecule has 2 nitrogen and oxygen atoms in total. The van der Waals surface area contributed by atoms with Crippen molar-refractivity contribution in [1.29, 1.82) is 0 Å². The van der Waals surface area contributed by atoms with E-state index in [9.17, 15) is 0 Å². The molecule has 2 rings (SSSR count). The van der Waals surface area contributed by atoms with Crippen LogP contribution in [0.1, 0.15) is 39.5 Å². The summed E-state index contributed by atoms with van der Waals surface area (Å²) >= 11 is 1.98. The fraction of sp³-hybridized carbons (Fsp3) is 1.00. The topological polar surface area (TPSA) is 15.3 Å². The average molecular weight is 256 g/mol. The molecule has 0 spiro atoms. The Bertz CT molecular complexity index is 236. The van der Waals surface area contributed by atoms with Gasteiger partial charge in [-0.3, -0.25) is 4.90 Å². The van der Waals surface area contributed by atoms with Crippen LogP contribution >= 0.6 is 11.8 Å². The van der Waals surface area contributed by atoms with Gasteiger partial charge in [0.2, 0.25) is 0 Å². The maximum atomic E-state index is 3.83. The lowest BCUT2D eigenvalue weighted by atomic mass is 9.86. The predicted octanol–water partition coefficient (Wildman–Crippen LogP) is 2.59. The van der Waals surface area contributed by atoms with Gasteiger partial charge in [-0.05, 0) is 37.9 Å². The van der Waals surface area contributed by atoms with E-state index in [0.29, 0.717) is 5.54 Å². The summed E-state index contributed by atoms with van der Waals surface area (Å²) in [6.45, 7) is 8.47. The van der Waals surface area contributed by atoms with Crippen molar-refractivity contribution < 1.29 is 0 Å². The lowest BCUT2D eigenvalue weighted by Crippen LogP contribution is -2.65. The summed E-state index contributed by atoms with van der Waals surface area (Å²) in [7, 11) is 0. The Morgan fingerprint density at radius 3 is 2.53 bits per heavy atom. The zero-order chi connectivity index (χ0) is 12.3. The highest BCUT2D eigenvalue weighted by Crippen LogP contribution is 2.37. The molecule has 0 aromatic heterocycles. The van der Waals surface area contributed by atoms with E-state index in [1.165, 1.54) is 51.1 Å². The Kier molecular flexibility index (Phi) is 4.79. The first kappa shape index (κ1) is 13.7. The van der Waals surface area contributed by atoms with E-state index >= 15 is 0 Å².